The van der Waals surface area contributed by atoms with Gasteiger partial charge in [0.15, 0.2) is 11.5 Å². The van der Waals surface area contributed by atoms with Crippen molar-refractivity contribution in [2.45, 2.75) is 72.4 Å². The minimum atomic E-state index is -0.172. The molecular weight excluding hydrogens is 340 g/mol. The molecule has 0 radical (unpaired) electrons. The average Bonchev–Trinajstić information content (AvgIpc) is 3.18. The smallest absolute Gasteiger partial charge is 0.258 e. The van der Waals surface area contributed by atoms with E-state index in [1.54, 1.807) is 0 Å². The maximum atomic E-state index is 5.64. The minimum absolute atomic E-state index is 0.172. The van der Waals surface area contributed by atoms with Gasteiger partial charge in [-0.05, 0) is 53.7 Å². The summed E-state index contributed by atoms with van der Waals surface area (Å²) >= 11 is 0. The second-order valence-electron chi connectivity index (χ2n) is 8.53. The summed E-state index contributed by atoms with van der Waals surface area (Å²) in [5, 5.41) is 13.1. The largest absolute Gasteiger partial charge is 0.334 e. The Hall–Kier alpha value is -2.28. The van der Waals surface area contributed by atoms with Crippen LogP contribution in [0.4, 0.5) is 0 Å². The lowest BCUT2D eigenvalue weighted by Crippen LogP contribution is -2.24. The molecule has 3 aromatic rings. The third-order valence-electron chi connectivity index (χ3n) is 4.74. The zero-order valence-corrected chi connectivity index (χ0v) is 17.6. The Morgan fingerprint density at radius 2 is 1.89 bits per heavy atom. The minimum Gasteiger partial charge on any atom is -0.334 e. The summed E-state index contributed by atoms with van der Waals surface area (Å²) in [4.78, 5) is 9.57. The number of aromatic nitrogens is 5. The Labute approximate surface area is 160 Å². The van der Waals surface area contributed by atoms with Crippen LogP contribution in [-0.2, 0) is 12.0 Å². The lowest BCUT2D eigenvalue weighted by Gasteiger charge is -2.20. The molecule has 7 heteroatoms. The van der Waals surface area contributed by atoms with Gasteiger partial charge in [0.1, 0.15) is 0 Å². The van der Waals surface area contributed by atoms with E-state index in [2.05, 4.69) is 63.1 Å². The standard InChI is InChI=1S/C20H30N6O/c1-11(2)15-10-14(19-23-16(25-27-19)9-12(3)21-8)17-13(4)24-26(18(17)22-15)20(5,6)7/h10-12,21H,9H2,1-8H3. The molecule has 1 unspecified atom stereocenters. The maximum absolute atomic E-state index is 5.64. The van der Waals surface area contributed by atoms with E-state index in [4.69, 9.17) is 14.6 Å². The van der Waals surface area contributed by atoms with Crippen LogP contribution in [-0.4, -0.2) is 38.0 Å². The van der Waals surface area contributed by atoms with Crippen LogP contribution in [0, 0.1) is 6.92 Å². The summed E-state index contributed by atoms with van der Waals surface area (Å²) in [6.07, 6.45) is 0.714. The summed E-state index contributed by atoms with van der Waals surface area (Å²) < 4.78 is 7.63. The fraction of sp³-hybridized carbons (Fsp3) is 0.600. The van der Waals surface area contributed by atoms with Gasteiger partial charge in [0, 0.05) is 18.2 Å². The molecule has 146 valence electrons. The SMILES string of the molecule is CNC(C)Cc1noc(-c2cc(C(C)C)nc3c2c(C)nn3C(C)(C)C)n1. The van der Waals surface area contributed by atoms with Gasteiger partial charge < -0.3 is 9.84 Å². The van der Waals surface area contributed by atoms with Gasteiger partial charge in [-0.3, -0.25) is 0 Å². The number of hydrogen-bond acceptors (Lipinski definition) is 6. The van der Waals surface area contributed by atoms with Crippen molar-refractivity contribution in [2.24, 2.45) is 0 Å². The predicted molar refractivity (Wildman–Crippen MR) is 107 cm³/mol. The summed E-state index contributed by atoms with van der Waals surface area (Å²) in [5.74, 6) is 1.51. The van der Waals surface area contributed by atoms with Crippen molar-refractivity contribution in [2.75, 3.05) is 7.05 Å². The molecule has 0 aromatic carbocycles. The van der Waals surface area contributed by atoms with Gasteiger partial charge in [0.25, 0.3) is 5.89 Å². The van der Waals surface area contributed by atoms with Crippen molar-refractivity contribution in [3.8, 4) is 11.5 Å². The van der Waals surface area contributed by atoms with Crippen LogP contribution < -0.4 is 5.32 Å². The molecule has 0 aliphatic heterocycles. The highest BCUT2D eigenvalue weighted by Gasteiger charge is 2.25. The first-order valence-electron chi connectivity index (χ1n) is 9.52. The summed E-state index contributed by atoms with van der Waals surface area (Å²) in [5.41, 5.74) is 3.51. The van der Waals surface area contributed by atoms with E-state index in [-0.39, 0.29) is 17.5 Å². The second kappa shape index (κ2) is 7.03. The number of nitrogens with one attached hydrogen (secondary N) is 1. The van der Waals surface area contributed by atoms with Gasteiger partial charge in [-0.2, -0.15) is 10.1 Å². The molecular formula is C20H30N6O. The highest BCUT2D eigenvalue weighted by molar-refractivity contribution is 5.93. The lowest BCUT2D eigenvalue weighted by atomic mass is 10.0. The quantitative estimate of drug-likeness (QED) is 0.735. The van der Waals surface area contributed by atoms with Crippen LogP contribution in [0.15, 0.2) is 10.6 Å². The monoisotopic (exact) mass is 370 g/mol. The Kier molecular flexibility index (Phi) is 5.08. The maximum Gasteiger partial charge on any atom is 0.258 e. The molecule has 0 bridgehead atoms. The second-order valence-corrected chi connectivity index (χ2v) is 8.53. The number of fused-ring (bicyclic) bond motifs is 1. The summed E-state index contributed by atoms with van der Waals surface area (Å²) in [6, 6.07) is 2.34. The summed E-state index contributed by atoms with van der Waals surface area (Å²) in [6.45, 7) is 14.8. The first kappa shape index (κ1) is 19.5. The van der Waals surface area contributed by atoms with Gasteiger partial charge in [-0.1, -0.05) is 19.0 Å². The van der Waals surface area contributed by atoms with Crippen LogP contribution in [0.25, 0.3) is 22.5 Å². The van der Waals surface area contributed by atoms with Gasteiger partial charge in [0.05, 0.1) is 22.2 Å². The Morgan fingerprint density at radius 3 is 2.48 bits per heavy atom. The van der Waals surface area contributed by atoms with Crippen LogP contribution in [0.1, 0.15) is 64.7 Å². The van der Waals surface area contributed by atoms with Gasteiger partial charge >= 0.3 is 0 Å². The van der Waals surface area contributed by atoms with E-state index in [9.17, 15) is 0 Å². The van der Waals surface area contributed by atoms with Crippen molar-refractivity contribution >= 4 is 11.0 Å². The molecule has 0 amide bonds. The molecule has 27 heavy (non-hydrogen) atoms. The van der Waals surface area contributed by atoms with Crippen molar-refractivity contribution in [3.05, 3.63) is 23.3 Å². The van der Waals surface area contributed by atoms with E-state index in [1.165, 1.54) is 0 Å². The Morgan fingerprint density at radius 1 is 1.19 bits per heavy atom. The molecule has 3 aromatic heterocycles. The number of hydrogen-bond donors (Lipinski definition) is 1. The number of pyridine rings is 1. The van der Waals surface area contributed by atoms with Crippen LogP contribution >= 0.6 is 0 Å². The first-order valence-corrected chi connectivity index (χ1v) is 9.52. The van der Waals surface area contributed by atoms with Crippen molar-refractivity contribution < 1.29 is 4.52 Å². The fourth-order valence-electron chi connectivity index (χ4n) is 3.06. The highest BCUT2D eigenvalue weighted by Crippen LogP contribution is 2.34. The number of aryl methyl sites for hydroxylation is 1. The van der Waals surface area contributed by atoms with E-state index in [1.807, 2.05) is 18.7 Å². The molecule has 0 fully saturated rings. The molecule has 0 spiro atoms. The molecule has 0 saturated heterocycles. The first-order chi connectivity index (χ1) is 12.6. The van der Waals surface area contributed by atoms with E-state index in [0.29, 0.717) is 18.1 Å². The zero-order chi connectivity index (χ0) is 19.9. The van der Waals surface area contributed by atoms with Crippen molar-refractivity contribution in [3.63, 3.8) is 0 Å². The van der Waals surface area contributed by atoms with Crippen LogP contribution in [0.3, 0.4) is 0 Å². The number of likely N-dealkylation sites (N-methyl/N-ethyl adjacent to an activating group) is 1. The third kappa shape index (κ3) is 3.74. The van der Waals surface area contributed by atoms with Crippen LogP contribution in [0.2, 0.25) is 0 Å². The molecule has 0 saturated carbocycles. The summed E-state index contributed by atoms with van der Waals surface area (Å²) in [7, 11) is 1.93. The normalized spacial score (nSPS) is 13.7. The Balaban J connectivity index is 2.21. The van der Waals surface area contributed by atoms with Crippen LogP contribution in [0.5, 0.6) is 0 Å². The lowest BCUT2D eigenvalue weighted by molar-refractivity contribution is 0.364. The average molecular weight is 371 g/mol. The van der Waals surface area contributed by atoms with Gasteiger partial charge in [0.2, 0.25) is 0 Å². The molecule has 1 atom stereocenters. The topological polar surface area (TPSA) is 81.7 Å². The highest BCUT2D eigenvalue weighted by atomic mass is 16.5. The van der Waals surface area contributed by atoms with Gasteiger partial charge in [-0.15, -0.1) is 0 Å². The molecule has 3 heterocycles. The molecule has 7 nitrogen and oxygen atoms in total. The van der Waals surface area contributed by atoms with Gasteiger partial charge in [-0.25, -0.2) is 9.67 Å². The number of nitrogens with zero attached hydrogens (tertiary/aromatic N) is 5. The molecule has 0 aliphatic carbocycles. The molecule has 3 rings (SSSR count). The number of rotatable bonds is 5. The predicted octanol–water partition coefficient (Wildman–Crippen LogP) is 3.82. The zero-order valence-electron chi connectivity index (χ0n) is 17.6. The Bertz CT molecular complexity index is 947. The van der Waals surface area contributed by atoms with E-state index >= 15 is 0 Å². The fourth-order valence-corrected chi connectivity index (χ4v) is 3.06. The molecule has 1 N–H and O–H groups in total. The molecule has 0 aliphatic rings. The van der Waals surface area contributed by atoms with E-state index in [0.717, 1.165) is 28.0 Å². The van der Waals surface area contributed by atoms with Crippen molar-refractivity contribution in [1.29, 1.82) is 0 Å². The van der Waals surface area contributed by atoms with Crippen molar-refractivity contribution in [1.82, 2.24) is 30.2 Å². The third-order valence-corrected chi connectivity index (χ3v) is 4.74. The van der Waals surface area contributed by atoms with E-state index < -0.39 is 0 Å².